The number of nitrogens with zero attached hydrogens (tertiary/aromatic N) is 2. The van der Waals surface area contributed by atoms with Gasteiger partial charge in [-0.3, -0.25) is 14.6 Å². The van der Waals surface area contributed by atoms with E-state index in [-0.39, 0.29) is 17.9 Å². The monoisotopic (exact) mass is 278 g/mol. The fraction of sp³-hybridized carbons (Fsp3) is 0.500. The van der Waals surface area contributed by atoms with Crippen molar-refractivity contribution in [3.8, 4) is 0 Å². The fourth-order valence-electron chi connectivity index (χ4n) is 1.53. The minimum atomic E-state index is -0.226. The Bertz CT molecular complexity index is 472. The highest BCUT2D eigenvalue weighted by molar-refractivity contribution is 5.99. The van der Waals surface area contributed by atoms with Crippen LogP contribution in [0.15, 0.2) is 18.5 Å². The van der Waals surface area contributed by atoms with Crippen LogP contribution in [0.4, 0.5) is 0 Å². The Hall–Kier alpha value is -1.95. The Morgan fingerprint density at radius 2 is 1.80 bits per heavy atom. The fourth-order valence-corrected chi connectivity index (χ4v) is 1.53. The average molecular weight is 278 g/mol. The van der Waals surface area contributed by atoms with Crippen LogP contribution in [0.2, 0.25) is 0 Å². The standard InChI is InChI=1S/C14H22N4O2/c1-10(2)17-14(20)12-7-11(8-15-9-12)13(19)16-5-6-18(3)4/h7-10H,5-6H2,1-4H3,(H,16,19)(H,17,20). The average Bonchev–Trinajstić information content (AvgIpc) is 2.37. The second-order valence-corrected chi connectivity index (χ2v) is 5.15. The lowest BCUT2D eigenvalue weighted by Crippen LogP contribution is -2.32. The summed E-state index contributed by atoms with van der Waals surface area (Å²) in [5, 5.41) is 5.55. The van der Waals surface area contributed by atoms with Crippen LogP contribution in [0.1, 0.15) is 34.6 Å². The van der Waals surface area contributed by atoms with Crippen LogP contribution < -0.4 is 10.6 Å². The van der Waals surface area contributed by atoms with Crippen LogP contribution >= 0.6 is 0 Å². The van der Waals surface area contributed by atoms with Crippen LogP contribution in [0.3, 0.4) is 0 Å². The van der Waals surface area contributed by atoms with Crippen LogP contribution in [-0.2, 0) is 0 Å². The van der Waals surface area contributed by atoms with E-state index in [2.05, 4.69) is 15.6 Å². The minimum absolute atomic E-state index is 0.0417. The number of hydrogen-bond acceptors (Lipinski definition) is 4. The molecule has 20 heavy (non-hydrogen) atoms. The second-order valence-electron chi connectivity index (χ2n) is 5.15. The zero-order chi connectivity index (χ0) is 15.1. The molecule has 1 aromatic heterocycles. The summed E-state index contributed by atoms with van der Waals surface area (Å²) in [5.41, 5.74) is 0.777. The molecule has 0 fully saturated rings. The molecule has 1 rings (SSSR count). The van der Waals surface area contributed by atoms with Crippen molar-refractivity contribution in [3.63, 3.8) is 0 Å². The molecule has 1 heterocycles. The summed E-state index contributed by atoms with van der Waals surface area (Å²) in [5.74, 6) is -0.450. The number of amides is 2. The van der Waals surface area contributed by atoms with E-state index in [4.69, 9.17) is 0 Å². The molecule has 0 saturated carbocycles. The van der Waals surface area contributed by atoms with Gasteiger partial charge in [0.2, 0.25) is 0 Å². The summed E-state index contributed by atoms with van der Waals surface area (Å²) >= 11 is 0. The molecule has 0 radical (unpaired) electrons. The van der Waals surface area contributed by atoms with Gasteiger partial charge in [0.1, 0.15) is 0 Å². The summed E-state index contributed by atoms with van der Waals surface area (Å²) in [6, 6.07) is 1.59. The van der Waals surface area contributed by atoms with Crippen LogP contribution in [-0.4, -0.2) is 54.9 Å². The molecule has 0 spiro atoms. The highest BCUT2D eigenvalue weighted by Gasteiger charge is 2.11. The molecule has 0 saturated heterocycles. The van der Waals surface area contributed by atoms with Crippen molar-refractivity contribution >= 4 is 11.8 Å². The SMILES string of the molecule is CC(C)NC(=O)c1cncc(C(=O)NCCN(C)C)c1. The molecular weight excluding hydrogens is 256 g/mol. The van der Waals surface area contributed by atoms with Crippen LogP contribution in [0.25, 0.3) is 0 Å². The minimum Gasteiger partial charge on any atom is -0.351 e. The van der Waals surface area contributed by atoms with Gasteiger partial charge in [0.05, 0.1) is 11.1 Å². The molecule has 0 aromatic carbocycles. The number of carbonyl (C=O) groups is 2. The van der Waals surface area contributed by atoms with Gasteiger partial charge in [-0.1, -0.05) is 0 Å². The van der Waals surface area contributed by atoms with E-state index in [0.29, 0.717) is 17.7 Å². The van der Waals surface area contributed by atoms with Crippen molar-refractivity contribution in [1.82, 2.24) is 20.5 Å². The van der Waals surface area contributed by atoms with Crippen molar-refractivity contribution < 1.29 is 9.59 Å². The Balaban J connectivity index is 2.67. The van der Waals surface area contributed by atoms with Crippen molar-refractivity contribution in [2.75, 3.05) is 27.2 Å². The molecule has 0 unspecified atom stereocenters. The van der Waals surface area contributed by atoms with Gasteiger partial charge in [-0.25, -0.2) is 0 Å². The summed E-state index contributed by atoms with van der Waals surface area (Å²) in [4.78, 5) is 29.7. The largest absolute Gasteiger partial charge is 0.351 e. The Morgan fingerprint density at radius 3 is 2.35 bits per heavy atom. The molecule has 2 N–H and O–H groups in total. The number of aromatic nitrogens is 1. The van der Waals surface area contributed by atoms with Gasteiger partial charge in [0, 0.05) is 31.5 Å². The number of hydrogen-bond donors (Lipinski definition) is 2. The lowest BCUT2D eigenvalue weighted by atomic mass is 10.2. The second kappa shape index (κ2) is 7.59. The summed E-state index contributed by atoms with van der Waals surface area (Å²) < 4.78 is 0. The van der Waals surface area contributed by atoms with Crippen molar-refractivity contribution in [1.29, 1.82) is 0 Å². The molecular formula is C14H22N4O2. The molecule has 0 aliphatic heterocycles. The van der Waals surface area contributed by atoms with Gasteiger partial charge in [-0.05, 0) is 34.0 Å². The zero-order valence-corrected chi connectivity index (χ0v) is 12.4. The van der Waals surface area contributed by atoms with Gasteiger partial charge in [-0.15, -0.1) is 0 Å². The quantitative estimate of drug-likeness (QED) is 0.795. The van der Waals surface area contributed by atoms with E-state index in [0.717, 1.165) is 6.54 Å². The number of pyridine rings is 1. The molecule has 2 amide bonds. The summed E-state index contributed by atoms with van der Waals surface area (Å²) in [7, 11) is 3.87. The number of carbonyl (C=O) groups excluding carboxylic acids is 2. The third-order valence-corrected chi connectivity index (χ3v) is 2.53. The maximum absolute atomic E-state index is 11.9. The molecule has 110 valence electrons. The van der Waals surface area contributed by atoms with E-state index in [1.807, 2.05) is 32.8 Å². The third-order valence-electron chi connectivity index (χ3n) is 2.53. The molecule has 0 aliphatic rings. The first kappa shape index (κ1) is 16.1. The predicted octanol–water partition coefficient (Wildman–Crippen LogP) is 0.511. The predicted molar refractivity (Wildman–Crippen MR) is 77.7 cm³/mol. The van der Waals surface area contributed by atoms with Crippen molar-refractivity contribution in [2.45, 2.75) is 19.9 Å². The van der Waals surface area contributed by atoms with Gasteiger partial charge >= 0.3 is 0 Å². The van der Waals surface area contributed by atoms with Crippen LogP contribution in [0.5, 0.6) is 0 Å². The van der Waals surface area contributed by atoms with E-state index in [9.17, 15) is 9.59 Å². The number of likely N-dealkylation sites (N-methyl/N-ethyl adjacent to an activating group) is 1. The molecule has 0 atom stereocenters. The smallest absolute Gasteiger partial charge is 0.253 e. The van der Waals surface area contributed by atoms with E-state index >= 15 is 0 Å². The zero-order valence-electron chi connectivity index (χ0n) is 12.4. The number of rotatable bonds is 6. The Labute approximate surface area is 119 Å². The molecule has 0 bridgehead atoms. The highest BCUT2D eigenvalue weighted by atomic mass is 16.2. The Kier molecular flexibility index (Phi) is 6.11. The third kappa shape index (κ3) is 5.36. The molecule has 6 nitrogen and oxygen atoms in total. The highest BCUT2D eigenvalue weighted by Crippen LogP contribution is 2.03. The van der Waals surface area contributed by atoms with E-state index in [1.165, 1.54) is 12.4 Å². The molecule has 1 aromatic rings. The van der Waals surface area contributed by atoms with Crippen LogP contribution in [0, 0.1) is 0 Å². The van der Waals surface area contributed by atoms with E-state index in [1.54, 1.807) is 6.07 Å². The lowest BCUT2D eigenvalue weighted by Gasteiger charge is -2.11. The van der Waals surface area contributed by atoms with Gasteiger partial charge in [-0.2, -0.15) is 0 Å². The lowest BCUT2D eigenvalue weighted by molar-refractivity contribution is 0.0942. The first-order valence-corrected chi connectivity index (χ1v) is 6.59. The maximum Gasteiger partial charge on any atom is 0.253 e. The first-order valence-electron chi connectivity index (χ1n) is 6.59. The van der Waals surface area contributed by atoms with E-state index < -0.39 is 0 Å². The first-order chi connectivity index (χ1) is 9.40. The van der Waals surface area contributed by atoms with Crippen molar-refractivity contribution in [2.24, 2.45) is 0 Å². The molecule has 6 heteroatoms. The Morgan fingerprint density at radius 1 is 1.20 bits per heavy atom. The summed E-state index contributed by atoms with van der Waals surface area (Å²) in [6.45, 7) is 5.06. The summed E-state index contributed by atoms with van der Waals surface area (Å²) in [6.07, 6.45) is 2.91. The number of nitrogens with one attached hydrogen (secondary N) is 2. The van der Waals surface area contributed by atoms with Gasteiger partial charge < -0.3 is 15.5 Å². The van der Waals surface area contributed by atoms with Gasteiger partial charge in [0.15, 0.2) is 0 Å². The maximum atomic E-state index is 11.9. The van der Waals surface area contributed by atoms with Gasteiger partial charge in [0.25, 0.3) is 11.8 Å². The van der Waals surface area contributed by atoms with Crippen molar-refractivity contribution in [3.05, 3.63) is 29.6 Å². The topological polar surface area (TPSA) is 74.3 Å². The normalized spacial score (nSPS) is 10.7. The molecule has 0 aliphatic carbocycles.